The van der Waals surface area contributed by atoms with Crippen molar-refractivity contribution in [3.63, 3.8) is 0 Å². The van der Waals surface area contributed by atoms with Crippen molar-refractivity contribution in [2.24, 2.45) is 17.4 Å². The Kier molecular flexibility index (Phi) is 12.4. The zero-order valence-electron chi connectivity index (χ0n) is 15.7. The fourth-order valence-electron chi connectivity index (χ4n) is 2.15. The van der Waals surface area contributed by atoms with Gasteiger partial charge in [0.05, 0.1) is 12.6 Å². The average molecular weight is 406 g/mol. The van der Waals surface area contributed by atoms with Crippen molar-refractivity contribution in [1.82, 2.24) is 16.0 Å². The monoisotopic (exact) mass is 405 g/mol. The van der Waals surface area contributed by atoms with E-state index in [4.69, 9.17) is 16.6 Å². The third-order valence-electron chi connectivity index (χ3n) is 3.79. The first-order valence-corrected chi connectivity index (χ1v) is 9.44. The molecule has 0 rings (SSSR count). The Morgan fingerprint density at radius 1 is 1.07 bits per heavy atom. The minimum Gasteiger partial charge on any atom is -0.480 e. The van der Waals surface area contributed by atoms with Gasteiger partial charge in [-0.05, 0) is 31.7 Å². The van der Waals surface area contributed by atoms with E-state index >= 15 is 0 Å². The van der Waals surface area contributed by atoms with E-state index < -0.39 is 48.4 Å². The molecule has 0 aliphatic rings. The molecule has 0 aromatic rings. The average Bonchev–Trinajstić information content (AvgIpc) is 2.61. The molecule has 0 aliphatic carbocycles. The molecular weight excluding hydrogens is 374 g/mol. The van der Waals surface area contributed by atoms with E-state index in [2.05, 4.69) is 28.6 Å². The lowest BCUT2D eigenvalue weighted by Gasteiger charge is -2.21. The number of aliphatic carboxylic acids is 1. The lowest BCUT2D eigenvalue weighted by atomic mass is 10.0. The van der Waals surface area contributed by atoms with Gasteiger partial charge in [0.15, 0.2) is 0 Å². The molecule has 11 heteroatoms. The number of nitrogens with two attached hydrogens (primary N) is 2. The molecule has 27 heavy (non-hydrogen) atoms. The fraction of sp³-hybridized carbons (Fsp3) is 0.750. The zero-order valence-corrected chi connectivity index (χ0v) is 16.6. The van der Waals surface area contributed by atoms with Crippen molar-refractivity contribution in [2.45, 2.75) is 51.2 Å². The van der Waals surface area contributed by atoms with Gasteiger partial charge in [0.2, 0.25) is 17.7 Å². The van der Waals surface area contributed by atoms with Crippen molar-refractivity contribution in [1.29, 1.82) is 0 Å². The van der Waals surface area contributed by atoms with Crippen LogP contribution < -0.4 is 27.4 Å². The van der Waals surface area contributed by atoms with Crippen LogP contribution in [-0.2, 0) is 19.2 Å². The number of hydrogen-bond donors (Lipinski definition) is 7. The summed E-state index contributed by atoms with van der Waals surface area (Å²) in [7, 11) is 0. The maximum atomic E-state index is 12.3. The summed E-state index contributed by atoms with van der Waals surface area (Å²) in [6.45, 7) is 3.36. The van der Waals surface area contributed by atoms with Crippen LogP contribution in [-0.4, -0.2) is 65.8 Å². The number of nitrogens with one attached hydrogen (secondary N) is 3. The summed E-state index contributed by atoms with van der Waals surface area (Å²) in [4.78, 5) is 47.3. The number of rotatable bonds is 13. The van der Waals surface area contributed by atoms with Gasteiger partial charge in [-0.1, -0.05) is 13.8 Å². The normalized spacial score (nSPS) is 14.1. The van der Waals surface area contributed by atoms with Gasteiger partial charge < -0.3 is 32.5 Å². The highest BCUT2D eigenvalue weighted by Crippen LogP contribution is 2.03. The molecule has 0 spiro atoms. The van der Waals surface area contributed by atoms with E-state index in [-0.39, 0.29) is 11.7 Å². The molecule has 3 amide bonds. The van der Waals surface area contributed by atoms with Crippen LogP contribution in [0.3, 0.4) is 0 Å². The van der Waals surface area contributed by atoms with Gasteiger partial charge in [0.1, 0.15) is 12.1 Å². The highest BCUT2D eigenvalue weighted by atomic mass is 32.1. The molecule has 0 fully saturated rings. The molecule has 0 radical (unpaired) electrons. The summed E-state index contributed by atoms with van der Waals surface area (Å²) in [5.41, 5.74) is 11.0. The molecular formula is C16H31N5O5S. The second kappa shape index (κ2) is 13.3. The Morgan fingerprint density at radius 3 is 2.19 bits per heavy atom. The van der Waals surface area contributed by atoms with Gasteiger partial charge in [-0.15, -0.1) is 0 Å². The first-order chi connectivity index (χ1) is 12.6. The van der Waals surface area contributed by atoms with E-state index in [1.807, 2.05) is 0 Å². The Bertz CT molecular complexity index is 517. The van der Waals surface area contributed by atoms with Crippen LogP contribution in [0.5, 0.6) is 0 Å². The SMILES string of the molecule is CC(C)C(NC(=O)CNC(=O)C(CCCCN)NC(=O)C(N)CS)C(=O)O. The molecule has 0 aliphatic heterocycles. The van der Waals surface area contributed by atoms with Crippen LogP contribution >= 0.6 is 12.6 Å². The van der Waals surface area contributed by atoms with Crippen LogP contribution in [0.1, 0.15) is 33.1 Å². The maximum absolute atomic E-state index is 12.3. The molecule has 156 valence electrons. The van der Waals surface area contributed by atoms with E-state index in [1.165, 1.54) is 0 Å². The first kappa shape index (κ1) is 25.1. The van der Waals surface area contributed by atoms with Crippen LogP contribution in [0.15, 0.2) is 0 Å². The van der Waals surface area contributed by atoms with Crippen molar-refractivity contribution in [3.05, 3.63) is 0 Å². The Hall–Kier alpha value is -1.85. The van der Waals surface area contributed by atoms with Crippen LogP contribution in [0.25, 0.3) is 0 Å². The van der Waals surface area contributed by atoms with Crippen molar-refractivity contribution in [3.8, 4) is 0 Å². The lowest BCUT2D eigenvalue weighted by molar-refractivity contribution is -0.143. The second-order valence-electron chi connectivity index (χ2n) is 6.48. The van der Waals surface area contributed by atoms with E-state index in [9.17, 15) is 19.2 Å². The van der Waals surface area contributed by atoms with Gasteiger partial charge in [0.25, 0.3) is 0 Å². The van der Waals surface area contributed by atoms with E-state index in [1.54, 1.807) is 13.8 Å². The van der Waals surface area contributed by atoms with Crippen molar-refractivity contribution < 1.29 is 24.3 Å². The Balaban J connectivity index is 4.74. The largest absolute Gasteiger partial charge is 0.480 e. The number of unbranched alkanes of at least 4 members (excludes halogenated alkanes) is 1. The lowest BCUT2D eigenvalue weighted by Crippen LogP contribution is -2.54. The minimum atomic E-state index is -1.16. The number of carboxylic acids is 1. The third kappa shape index (κ3) is 10.2. The first-order valence-electron chi connectivity index (χ1n) is 8.80. The maximum Gasteiger partial charge on any atom is 0.326 e. The van der Waals surface area contributed by atoms with Crippen LogP contribution in [0.2, 0.25) is 0 Å². The van der Waals surface area contributed by atoms with E-state index in [0.717, 1.165) is 0 Å². The molecule has 3 unspecified atom stereocenters. The molecule has 0 saturated heterocycles. The van der Waals surface area contributed by atoms with Gasteiger partial charge >= 0.3 is 5.97 Å². The third-order valence-corrected chi connectivity index (χ3v) is 4.18. The Labute approximate surface area is 164 Å². The number of carbonyl (C=O) groups is 4. The zero-order chi connectivity index (χ0) is 21.0. The number of amides is 3. The van der Waals surface area contributed by atoms with Gasteiger partial charge in [-0.3, -0.25) is 14.4 Å². The number of carbonyl (C=O) groups excluding carboxylic acids is 3. The van der Waals surface area contributed by atoms with Gasteiger partial charge in [0, 0.05) is 5.75 Å². The Morgan fingerprint density at radius 2 is 1.70 bits per heavy atom. The molecule has 3 atom stereocenters. The molecule has 0 saturated carbocycles. The molecule has 0 bridgehead atoms. The summed E-state index contributed by atoms with van der Waals surface area (Å²) in [5, 5.41) is 16.4. The van der Waals surface area contributed by atoms with Crippen LogP contribution in [0, 0.1) is 5.92 Å². The summed E-state index contributed by atoms with van der Waals surface area (Å²) in [6.07, 6.45) is 1.61. The summed E-state index contributed by atoms with van der Waals surface area (Å²) in [6, 6.07) is -2.78. The number of carboxylic acid groups (broad SMARTS) is 1. The highest BCUT2D eigenvalue weighted by molar-refractivity contribution is 7.80. The van der Waals surface area contributed by atoms with Gasteiger partial charge in [-0.25, -0.2) is 4.79 Å². The second-order valence-corrected chi connectivity index (χ2v) is 6.85. The minimum absolute atomic E-state index is 0.122. The standard InChI is InChI=1S/C16H31N5O5S/c1-9(2)13(16(25)26)21-12(22)7-19-15(24)11(5-3-4-6-17)20-14(23)10(18)8-27/h9-11,13,27H,3-8,17-18H2,1-2H3,(H,19,24)(H,20,23)(H,21,22)(H,25,26). The van der Waals surface area contributed by atoms with E-state index in [0.29, 0.717) is 25.8 Å². The van der Waals surface area contributed by atoms with Crippen molar-refractivity contribution in [2.75, 3.05) is 18.8 Å². The summed E-state index contributed by atoms with van der Waals surface area (Å²) in [5.74, 6) is -3.06. The highest BCUT2D eigenvalue weighted by Gasteiger charge is 2.25. The predicted molar refractivity (Wildman–Crippen MR) is 104 cm³/mol. The van der Waals surface area contributed by atoms with Crippen molar-refractivity contribution >= 4 is 36.3 Å². The number of thiol groups is 1. The topological polar surface area (TPSA) is 177 Å². The smallest absolute Gasteiger partial charge is 0.326 e. The van der Waals surface area contributed by atoms with Crippen LogP contribution in [0.4, 0.5) is 0 Å². The molecule has 0 aromatic carbocycles. The van der Waals surface area contributed by atoms with Gasteiger partial charge in [-0.2, -0.15) is 12.6 Å². The molecule has 8 N–H and O–H groups in total. The molecule has 0 aromatic heterocycles. The fourth-order valence-corrected chi connectivity index (χ4v) is 2.32. The quantitative estimate of drug-likeness (QED) is 0.140. The molecule has 10 nitrogen and oxygen atoms in total. The predicted octanol–water partition coefficient (Wildman–Crippen LogP) is -1.80. The molecule has 0 heterocycles. The summed E-state index contributed by atoms with van der Waals surface area (Å²) < 4.78 is 0. The summed E-state index contributed by atoms with van der Waals surface area (Å²) >= 11 is 3.94. The number of hydrogen-bond acceptors (Lipinski definition) is 7.